The molecule has 3 heterocycles. The summed E-state index contributed by atoms with van der Waals surface area (Å²) in [5.74, 6) is 1.47. The van der Waals surface area contributed by atoms with Crippen molar-refractivity contribution in [2.24, 2.45) is 4.99 Å². The topological polar surface area (TPSA) is 87.4 Å². The van der Waals surface area contributed by atoms with E-state index < -0.39 is 5.60 Å². The van der Waals surface area contributed by atoms with Crippen molar-refractivity contribution in [2.45, 2.75) is 26.0 Å². The fourth-order valence-electron chi connectivity index (χ4n) is 2.53. The first kappa shape index (κ1) is 22.3. The van der Waals surface area contributed by atoms with E-state index in [0.29, 0.717) is 19.0 Å². The smallest absolute Gasteiger partial charge is 0.191 e. The van der Waals surface area contributed by atoms with Crippen molar-refractivity contribution in [3.8, 4) is 5.82 Å². The van der Waals surface area contributed by atoms with E-state index in [2.05, 4.69) is 25.6 Å². The summed E-state index contributed by atoms with van der Waals surface area (Å²) in [4.78, 5) is 13.9. The van der Waals surface area contributed by atoms with Crippen molar-refractivity contribution in [3.05, 3.63) is 65.0 Å². The predicted molar refractivity (Wildman–Crippen MR) is 123 cm³/mol. The van der Waals surface area contributed by atoms with Gasteiger partial charge in [0.15, 0.2) is 5.96 Å². The molecule has 0 aromatic carbocycles. The molecule has 0 spiro atoms. The summed E-state index contributed by atoms with van der Waals surface area (Å²) < 4.78 is 1.86. The maximum Gasteiger partial charge on any atom is 0.191 e. The maximum absolute atomic E-state index is 10.7. The molecular weight excluding hydrogens is 487 g/mol. The number of halogens is 1. The van der Waals surface area contributed by atoms with E-state index in [1.165, 1.54) is 0 Å². The normalized spacial score (nSPS) is 13.5. The molecule has 0 saturated carbocycles. The van der Waals surface area contributed by atoms with Crippen LogP contribution in [-0.2, 0) is 12.1 Å². The second kappa shape index (κ2) is 10.5. The van der Waals surface area contributed by atoms with Gasteiger partial charge in [0.25, 0.3) is 0 Å². The minimum atomic E-state index is -0.949. The molecule has 1 unspecified atom stereocenters. The highest BCUT2D eigenvalue weighted by atomic mass is 127. The van der Waals surface area contributed by atoms with Crippen LogP contribution >= 0.6 is 35.3 Å². The van der Waals surface area contributed by atoms with Gasteiger partial charge in [0.1, 0.15) is 17.7 Å². The number of rotatable bonds is 7. The van der Waals surface area contributed by atoms with Crippen LogP contribution in [0.2, 0.25) is 0 Å². The third kappa shape index (κ3) is 6.01. The Labute approximate surface area is 186 Å². The zero-order valence-corrected chi connectivity index (χ0v) is 19.0. The largest absolute Gasteiger partial charge is 0.383 e. The van der Waals surface area contributed by atoms with Gasteiger partial charge in [0.05, 0.1) is 13.1 Å². The molecule has 9 heteroatoms. The Balaban J connectivity index is 0.00000280. The highest BCUT2D eigenvalue weighted by Gasteiger charge is 2.24. The van der Waals surface area contributed by atoms with Gasteiger partial charge in [0, 0.05) is 30.0 Å². The lowest BCUT2D eigenvalue weighted by Crippen LogP contribution is -2.44. The van der Waals surface area contributed by atoms with Crippen molar-refractivity contribution in [1.82, 2.24) is 25.2 Å². The minimum absolute atomic E-state index is 0. The standard InChI is InChI=1S/C19H24N6OS.HI/c1-3-21-18(24-13-19(2,26)16-5-4-10-27-16)23-12-15-6-7-22-17(11-15)25-9-8-20-14-25;/h4-11,14,26H,3,12-13H2,1-2H3,(H2,21,23,24);1H. The molecule has 7 nitrogen and oxygen atoms in total. The van der Waals surface area contributed by atoms with Crippen LogP contribution < -0.4 is 10.6 Å². The first-order valence-electron chi connectivity index (χ1n) is 8.80. The summed E-state index contributed by atoms with van der Waals surface area (Å²) in [6.45, 7) is 5.42. The molecule has 0 saturated heterocycles. The van der Waals surface area contributed by atoms with Crippen LogP contribution in [0.5, 0.6) is 0 Å². The molecule has 3 N–H and O–H groups in total. The zero-order valence-electron chi connectivity index (χ0n) is 15.9. The zero-order chi connectivity index (χ0) is 19.1. The van der Waals surface area contributed by atoms with Gasteiger partial charge in [-0.3, -0.25) is 4.57 Å². The van der Waals surface area contributed by atoms with E-state index in [1.54, 1.807) is 37.0 Å². The van der Waals surface area contributed by atoms with E-state index in [1.807, 2.05) is 47.3 Å². The number of thiophene rings is 1. The van der Waals surface area contributed by atoms with Gasteiger partial charge < -0.3 is 15.7 Å². The molecule has 150 valence electrons. The van der Waals surface area contributed by atoms with Crippen LogP contribution in [0.1, 0.15) is 24.3 Å². The third-order valence-corrected chi connectivity index (χ3v) is 5.12. The van der Waals surface area contributed by atoms with Gasteiger partial charge in [-0.15, -0.1) is 35.3 Å². The lowest BCUT2D eigenvalue weighted by Gasteiger charge is -2.23. The molecule has 28 heavy (non-hydrogen) atoms. The van der Waals surface area contributed by atoms with Gasteiger partial charge in [-0.25, -0.2) is 15.0 Å². The van der Waals surface area contributed by atoms with Crippen molar-refractivity contribution in [3.63, 3.8) is 0 Å². The molecule has 1 atom stereocenters. The van der Waals surface area contributed by atoms with Gasteiger partial charge in [-0.1, -0.05) is 6.07 Å². The van der Waals surface area contributed by atoms with Crippen LogP contribution in [0.3, 0.4) is 0 Å². The Bertz CT molecular complexity index is 864. The second-order valence-corrected chi connectivity index (χ2v) is 7.24. The van der Waals surface area contributed by atoms with Gasteiger partial charge in [-0.2, -0.15) is 0 Å². The number of aromatic nitrogens is 3. The number of aliphatic imine (C=N–C) groups is 1. The number of nitrogens with zero attached hydrogens (tertiary/aromatic N) is 4. The molecule has 0 amide bonds. The van der Waals surface area contributed by atoms with Crippen molar-refractivity contribution in [1.29, 1.82) is 0 Å². The molecule has 3 aromatic rings. The van der Waals surface area contributed by atoms with Gasteiger partial charge >= 0.3 is 0 Å². The van der Waals surface area contributed by atoms with E-state index in [9.17, 15) is 5.11 Å². The average Bonchev–Trinajstić information content (AvgIpc) is 3.38. The molecule has 3 aromatic heterocycles. The van der Waals surface area contributed by atoms with Gasteiger partial charge in [0.2, 0.25) is 0 Å². The van der Waals surface area contributed by atoms with Gasteiger partial charge in [-0.05, 0) is 43.0 Å². The number of nitrogens with one attached hydrogen (secondary N) is 2. The van der Waals surface area contributed by atoms with Crippen LogP contribution in [0.15, 0.2) is 59.6 Å². The molecule has 0 aliphatic heterocycles. The summed E-state index contributed by atoms with van der Waals surface area (Å²) in [6.07, 6.45) is 7.06. The number of hydrogen-bond acceptors (Lipinski definition) is 5. The van der Waals surface area contributed by atoms with E-state index in [-0.39, 0.29) is 24.0 Å². The minimum Gasteiger partial charge on any atom is -0.383 e. The Kier molecular flexibility index (Phi) is 8.39. The number of imidazole rings is 1. The Hall–Kier alpha value is -1.98. The summed E-state index contributed by atoms with van der Waals surface area (Å²) in [7, 11) is 0. The molecule has 0 aliphatic rings. The second-order valence-electron chi connectivity index (χ2n) is 6.29. The quantitative estimate of drug-likeness (QED) is 0.258. The molecular formula is C19H25IN6OS. The number of hydrogen-bond donors (Lipinski definition) is 3. The first-order valence-corrected chi connectivity index (χ1v) is 9.68. The Morgan fingerprint density at radius 2 is 2.18 bits per heavy atom. The highest BCUT2D eigenvalue weighted by molar-refractivity contribution is 14.0. The van der Waals surface area contributed by atoms with E-state index in [4.69, 9.17) is 0 Å². The SMILES string of the molecule is CCNC(=NCc1ccnc(-n2ccnc2)c1)NCC(C)(O)c1cccs1.I. The van der Waals surface area contributed by atoms with Crippen LogP contribution in [0.4, 0.5) is 0 Å². The summed E-state index contributed by atoms with van der Waals surface area (Å²) in [6, 6.07) is 7.80. The first-order chi connectivity index (χ1) is 13.1. The predicted octanol–water partition coefficient (Wildman–Crippen LogP) is 2.91. The third-order valence-electron chi connectivity index (χ3n) is 3.99. The lowest BCUT2D eigenvalue weighted by atomic mass is 10.1. The molecule has 0 bridgehead atoms. The van der Waals surface area contributed by atoms with E-state index >= 15 is 0 Å². The lowest BCUT2D eigenvalue weighted by molar-refractivity contribution is 0.0655. The average molecular weight is 512 g/mol. The number of aliphatic hydroxyl groups is 1. The summed E-state index contributed by atoms with van der Waals surface area (Å²) in [5, 5.41) is 19.1. The number of guanidine groups is 1. The van der Waals surface area contributed by atoms with Crippen molar-refractivity contribution >= 4 is 41.3 Å². The highest BCUT2D eigenvalue weighted by Crippen LogP contribution is 2.24. The van der Waals surface area contributed by atoms with Crippen molar-refractivity contribution < 1.29 is 5.11 Å². The van der Waals surface area contributed by atoms with Crippen LogP contribution in [0, 0.1) is 0 Å². The fraction of sp³-hybridized carbons (Fsp3) is 0.316. The van der Waals surface area contributed by atoms with E-state index in [0.717, 1.165) is 22.8 Å². The molecule has 0 aliphatic carbocycles. The molecule has 0 radical (unpaired) electrons. The summed E-state index contributed by atoms with van der Waals surface area (Å²) >= 11 is 1.54. The Morgan fingerprint density at radius 1 is 1.32 bits per heavy atom. The van der Waals surface area contributed by atoms with Crippen LogP contribution in [-0.4, -0.2) is 38.7 Å². The number of pyridine rings is 1. The Morgan fingerprint density at radius 3 is 2.86 bits per heavy atom. The monoisotopic (exact) mass is 512 g/mol. The van der Waals surface area contributed by atoms with Crippen molar-refractivity contribution in [2.75, 3.05) is 13.1 Å². The molecule has 3 rings (SSSR count). The molecule has 0 fully saturated rings. The summed E-state index contributed by atoms with van der Waals surface area (Å²) in [5.41, 5.74) is 0.0891. The fourth-order valence-corrected chi connectivity index (χ4v) is 3.32. The van der Waals surface area contributed by atoms with Crippen LogP contribution in [0.25, 0.3) is 5.82 Å². The maximum atomic E-state index is 10.7.